The first-order valence-corrected chi connectivity index (χ1v) is 6.51. The first-order chi connectivity index (χ1) is 9.24. The van der Waals surface area contributed by atoms with E-state index in [0.717, 1.165) is 25.9 Å². The summed E-state index contributed by atoms with van der Waals surface area (Å²) in [5.74, 6) is -0.0219. The molecule has 4 nitrogen and oxygen atoms in total. The van der Waals surface area contributed by atoms with E-state index in [1.165, 1.54) is 24.3 Å². The Bertz CT molecular complexity index is 402. The maximum Gasteiger partial charge on any atom is 0.257 e. The van der Waals surface area contributed by atoms with Crippen LogP contribution in [0.25, 0.3) is 0 Å². The van der Waals surface area contributed by atoms with Crippen molar-refractivity contribution in [2.75, 3.05) is 19.8 Å². The molecular weight excluding hydrogens is 249 g/mol. The predicted octanol–water partition coefficient (Wildman–Crippen LogP) is 1.89. The number of carbonyl (C=O) groups excluding carboxylic acids is 1. The molecule has 0 bridgehead atoms. The van der Waals surface area contributed by atoms with E-state index in [4.69, 9.17) is 9.47 Å². The van der Waals surface area contributed by atoms with Crippen molar-refractivity contribution in [1.82, 2.24) is 5.32 Å². The number of nitrogens with one attached hydrogen (secondary N) is 1. The molecule has 1 unspecified atom stereocenters. The molecule has 1 N–H and O–H groups in total. The third-order valence-corrected chi connectivity index (χ3v) is 3.00. The zero-order chi connectivity index (χ0) is 13.5. The molecule has 1 aliphatic rings. The highest BCUT2D eigenvalue weighted by Crippen LogP contribution is 2.14. The van der Waals surface area contributed by atoms with Crippen LogP contribution in [0.1, 0.15) is 19.3 Å². The van der Waals surface area contributed by atoms with Gasteiger partial charge in [-0.3, -0.25) is 4.79 Å². The van der Waals surface area contributed by atoms with Gasteiger partial charge in [-0.15, -0.1) is 0 Å². The van der Waals surface area contributed by atoms with E-state index in [0.29, 0.717) is 12.3 Å². The van der Waals surface area contributed by atoms with Gasteiger partial charge in [-0.2, -0.15) is 0 Å². The number of ether oxygens (including phenoxy) is 2. The molecule has 1 aliphatic heterocycles. The maximum absolute atomic E-state index is 12.7. The van der Waals surface area contributed by atoms with Crippen LogP contribution >= 0.6 is 0 Å². The van der Waals surface area contributed by atoms with Crippen LogP contribution in [0.2, 0.25) is 0 Å². The minimum absolute atomic E-state index is 0.0584. The van der Waals surface area contributed by atoms with Gasteiger partial charge in [0.15, 0.2) is 6.61 Å². The molecule has 0 radical (unpaired) electrons. The second kappa shape index (κ2) is 7.09. The Hall–Kier alpha value is -1.62. The Labute approximate surface area is 111 Å². The molecule has 1 fully saturated rings. The van der Waals surface area contributed by atoms with Gasteiger partial charge in [0.05, 0.1) is 6.10 Å². The quantitative estimate of drug-likeness (QED) is 0.856. The average molecular weight is 267 g/mol. The normalized spacial score (nSPS) is 18.3. The highest BCUT2D eigenvalue weighted by atomic mass is 19.1. The van der Waals surface area contributed by atoms with Gasteiger partial charge in [0.1, 0.15) is 11.6 Å². The number of amides is 1. The van der Waals surface area contributed by atoms with E-state index < -0.39 is 0 Å². The molecule has 19 heavy (non-hydrogen) atoms. The second-order valence-electron chi connectivity index (χ2n) is 4.52. The van der Waals surface area contributed by atoms with Gasteiger partial charge in [-0.1, -0.05) is 0 Å². The topological polar surface area (TPSA) is 47.6 Å². The van der Waals surface area contributed by atoms with Crippen LogP contribution in [0, 0.1) is 5.82 Å². The van der Waals surface area contributed by atoms with Crippen LogP contribution in [-0.2, 0) is 9.53 Å². The van der Waals surface area contributed by atoms with Crippen LogP contribution in [0.4, 0.5) is 4.39 Å². The van der Waals surface area contributed by atoms with Crippen molar-refractivity contribution in [3.63, 3.8) is 0 Å². The molecular formula is C14H18FNO3. The highest BCUT2D eigenvalue weighted by molar-refractivity contribution is 5.77. The van der Waals surface area contributed by atoms with Crippen molar-refractivity contribution < 1.29 is 18.7 Å². The summed E-state index contributed by atoms with van der Waals surface area (Å²) in [7, 11) is 0. The molecule has 1 heterocycles. The minimum atomic E-state index is -0.326. The molecule has 0 aliphatic carbocycles. The van der Waals surface area contributed by atoms with Crippen LogP contribution in [0.15, 0.2) is 24.3 Å². The van der Waals surface area contributed by atoms with Crippen LogP contribution in [-0.4, -0.2) is 31.8 Å². The van der Waals surface area contributed by atoms with E-state index >= 15 is 0 Å². The zero-order valence-corrected chi connectivity index (χ0v) is 10.7. The Balaban J connectivity index is 1.60. The van der Waals surface area contributed by atoms with Gasteiger partial charge in [0.2, 0.25) is 0 Å². The summed E-state index contributed by atoms with van der Waals surface area (Å²) in [6.07, 6.45) is 3.29. The van der Waals surface area contributed by atoms with Crippen LogP contribution in [0.3, 0.4) is 0 Å². The van der Waals surface area contributed by atoms with Crippen molar-refractivity contribution in [3.05, 3.63) is 30.1 Å². The summed E-state index contributed by atoms with van der Waals surface area (Å²) in [5, 5.41) is 2.77. The van der Waals surface area contributed by atoms with Gasteiger partial charge in [0.25, 0.3) is 5.91 Å². The van der Waals surface area contributed by atoms with Gasteiger partial charge in [-0.05, 0) is 43.5 Å². The van der Waals surface area contributed by atoms with Crippen LogP contribution < -0.4 is 10.1 Å². The summed E-state index contributed by atoms with van der Waals surface area (Å²) in [5.41, 5.74) is 0. The summed E-state index contributed by atoms with van der Waals surface area (Å²) in [4.78, 5) is 11.5. The molecule has 2 rings (SSSR count). The number of benzene rings is 1. The fraction of sp³-hybridized carbons (Fsp3) is 0.500. The lowest BCUT2D eigenvalue weighted by Crippen LogP contribution is -2.31. The number of halogens is 1. The molecule has 1 atom stereocenters. The first kappa shape index (κ1) is 13.8. The Kier molecular flexibility index (Phi) is 5.15. The second-order valence-corrected chi connectivity index (χ2v) is 4.52. The summed E-state index contributed by atoms with van der Waals surface area (Å²) in [6, 6.07) is 5.58. The fourth-order valence-corrected chi connectivity index (χ4v) is 1.98. The van der Waals surface area contributed by atoms with E-state index in [1.807, 2.05) is 0 Å². The maximum atomic E-state index is 12.7. The third kappa shape index (κ3) is 4.87. The lowest BCUT2D eigenvalue weighted by Gasteiger charge is -2.10. The molecule has 1 amide bonds. The predicted molar refractivity (Wildman–Crippen MR) is 68.5 cm³/mol. The number of hydrogen-bond acceptors (Lipinski definition) is 3. The highest BCUT2D eigenvalue weighted by Gasteiger charge is 2.15. The average Bonchev–Trinajstić information content (AvgIpc) is 2.91. The lowest BCUT2D eigenvalue weighted by molar-refractivity contribution is -0.123. The molecule has 0 spiro atoms. The number of hydrogen-bond donors (Lipinski definition) is 1. The van der Waals surface area contributed by atoms with Gasteiger partial charge in [0, 0.05) is 13.2 Å². The van der Waals surface area contributed by atoms with Crippen molar-refractivity contribution in [3.8, 4) is 5.75 Å². The molecule has 5 heteroatoms. The monoisotopic (exact) mass is 267 g/mol. The SMILES string of the molecule is O=C(COc1ccc(F)cc1)NCCC1CCCO1. The van der Waals surface area contributed by atoms with E-state index in [1.54, 1.807) is 0 Å². The summed E-state index contributed by atoms with van der Waals surface area (Å²) in [6.45, 7) is 1.36. The Morgan fingerprint density at radius 3 is 2.89 bits per heavy atom. The molecule has 1 aromatic carbocycles. The largest absolute Gasteiger partial charge is 0.484 e. The Morgan fingerprint density at radius 2 is 2.21 bits per heavy atom. The van der Waals surface area contributed by atoms with E-state index in [2.05, 4.69) is 5.32 Å². The van der Waals surface area contributed by atoms with Gasteiger partial charge < -0.3 is 14.8 Å². The van der Waals surface area contributed by atoms with Gasteiger partial charge >= 0.3 is 0 Å². The summed E-state index contributed by atoms with van der Waals surface area (Å²) < 4.78 is 23.3. The molecule has 1 aromatic rings. The number of rotatable bonds is 6. The molecule has 1 saturated heterocycles. The van der Waals surface area contributed by atoms with Crippen molar-refractivity contribution in [2.45, 2.75) is 25.4 Å². The molecule has 0 aromatic heterocycles. The molecule has 104 valence electrons. The fourth-order valence-electron chi connectivity index (χ4n) is 1.98. The van der Waals surface area contributed by atoms with E-state index in [-0.39, 0.29) is 24.4 Å². The lowest BCUT2D eigenvalue weighted by atomic mass is 10.2. The minimum Gasteiger partial charge on any atom is -0.484 e. The zero-order valence-electron chi connectivity index (χ0n) is 10.7. The summed E-state index contributed by atoms with van der Waals surface area (Å²) >= 11 is 0. The third-order valence-electron chi connectivity index (χ3n) is 3.00. The van der Waals surface area contributed by atoms with Crippen molar-refractivity contribution in [1.29, 1.82) is 0 Å². The Morgan fingerprint density at radius 1 is 1.42 bits per heavy atom. The first-order valence-electron chi connectivity index (χ1n) is 6.51. The number of carbonyl (C=O) groups is 1. The van der Waals surface area contributed by atoms with Crippen molar-refractivity contribution in [2.24, 2.45) is 0 Å². The van der Waals surface area contributed by atoms with Gasteiger partial charge in [-0.25, -0.2) is 4.39 Å². The smallest absolute Gasteiger partial charge is 0.257 e. The van der Waals surface area contributed by atoms with Crippen LogP contribution in [0.5, 0.6) is 5.75 Å². The van der Waals surface area contributed by atoms with E-state index in [9.17, 15) is 9.18 Å². The standard InChI is InChI=1S/C14H18FNO3/c15-11-3-5-13(6-4-11)19-10-14(17)16-8-7-12-2-1-9-18-12/h3-6,12H,1-2,7-10H2,(H,16,17). The molecule has 0 saturated carbocycles. The van der Waals surface area contributed by atoms with Crippen molar-refractivity contribution >= 4 is 5.91 Å².